The molecule has 1 fully saturated rings. The largest absolute Gasteiger partial charge is 0.338 e. The number of carbonyl (C=O) groups excluding carboxylic acids is 1. The highest BCUT2D eigenvalue weighted by Gasteiger charge is 2.28. The highest BCUT2D eigenvalue weighted by atomic mass is 16.2. The van der Waals surface area contributed by atoms with E-state index in [-0.39, 0.29) is 11.9 Å². The summed E-state index contributed by atoms with van der Waals surface area (Å²) in [5.41, 5.74) is 7.34. The molecule has 100 valence electrons. The van der Waals surface area contributed by atoms with E-state index >= 15 is 0 Å². The van der Waals surface area contributed by atoms with Crippen molar-refractivity contribution in [3.05, 3.63) is 30.4 Å². The summed E-state index contributed by atoms with van der Waals surface area (Å²) in [5.74, 6) is 0.347. The molecule has 0 radical (unpaired) electrons. The molecule has 19 heavy (non-hydrogen) atoms. The van der Waals surface area contributed by atoms with Crippen molar-refractivity contribution in [2.45, 2.75) is 19.4 Å². The summed E-state index contributed by atoms with van der Waals surface area (Å²) in [4.78, 5) is 18.4. The van der Waals surface area contributed by atoms with Gasteiger partial charge in [-0.25, -0.2) is 4.52 Å². The van der Waals surface area contributed by atoms with Crippen LogP contribution in [0.2, 0.25) is 0 Å². The predicted octanol–water partition coefficient (Wildman–Crippen LogP) is 0.539. The number of nitrogens with zero attached hydrogens (tertiary/aromatic N) is 4. The number of rotatable bonds is 1. The molecule has 0 saturated carbocycles. The molecule has 6 heteroatoms. The average molecular weight is 259 g/mol. The molecule has 3 heterocycles. The van der Waals surface area contributed by atoms with Crippen molar-refractivity contribution in [3.63, 3.8) is 0 Å². The second-order valence-corrected chi connectivity index (χ2v) is 5.15. The zero-order valence-corrected chi connectivity index (χ0v) is 10.9. The number of likely N-dealkylation sites (tertiary alicyclic amines) is 1. The van der Waals surface area contributed by atoms with Crippen LogP contribution in [0.5, 0.6) is 0 Å². The third-order valence-corrected chi connectivity index (χ3v) is 3.81. The van der Waals surface area contributed by atoms with Gasteiger partial charge >= 0.3 is 0 Å². The first kappa shape index (κ1) is 12.1. The zero-order chi connectivity index (χ0) is 13.4. The van der Waals surface area contributed by atoms with E-state index in [1.165, 1.54) is 0 Å². The first-order chi connectivity index (χ1) is 9.16. The van der Waals surface area contributed by atoms with E-state index in [0.29, 0.717) is 24.6 Å². The van der Waals surface area contributed by atoms with E-state index < -0.39 is 0 Å². The lowest BCUT2D eigenvalue weighted by Crippen LogP contribution is -2.48. The molecule has 1 saturated heterocycles. The molecule has 1 aliphatic heterocycles. The fourth-order valence-corrected chi connectivity index (χ4v) is 2.52. The standard InChI is InChI=1S/C13H17N5O/c1-9-8-17(4-2-11(9)14)13(19)10-6-16-18-5-3-15-7-12(10)18/h3,5-7,9,11H,2,4,8,14H2,1H3. The molecule has 0 bridgehead atoms. The van der Waals surface area contributed by atoms with Gasteiger partial charge in [0.1, 0.15) is 0 Å². The summed E-state index contributed by atoms with van der Waals surface area (Å²) in [5, 5.41) is 4.17. The Morgan fingerprint density at radius 2 is 2.32 bits per heavy atom. The van der Waals surface area contributed by atoms with Crippen molar-refractivity contribution in [2.75, 3.05) is 13.1 Å². The minimum atomic E-state index is 0.0155. The minimum Gasteiger partial charge on any atom is -0.338 e. The third kappa shape index (κ3) is 2.08. The number of aromatic nitrogens is 3. The maximum absolute atomic E-state index is 12.5. The second-order valence-electron chi connectivity index (χ2n) is 5.15. The second kappa shape index (κ2) is 4.62. The van der Waals surface area contributed by atoms with E-state index in [0.717, 1.165) is 11.9 Å². The predicted molar refractivity (Wildman–Crippen MR) is 70.6 cm³/mol. The summed E-state index contributed by atoms with van der Waals surface area (Å²) in [6.07, 6.45) is 7.51. The lowest BCUT2D eigenvalue weighted by Gasteiger charge is -2.34. The normalized spacial score (nSPS) is 23.8. The molecule has 2 aromatic heterocycles. The number of carbonyl (C=O) groups is 1. The maximum Gasteiger partial charge on any atom is 0.257 e. The Morgan fingerprint density at radius 1 is 1.47 bits per heavy atom. The van der Waals surface area contributed by atoms with Gasteiger partial charge in [0.25, 0.3) is 5.91 Å². The quantitative estimate of drug-likeness (QED) is 0.811. The molecule has 2 unspecified atom stereocenters. The topological polar surface area (TPSA) is 76.5 Å². The SMILES string of the molecule is CC1CN(C(=O)c2cnn3ccncc23)CCC1N. The van der Waals surface area contributed by atoms with Gasteiger partial charge < -0.3 is 10.6 Å². The molecular weight excluding hydrogens is 242 g/mol. The third-order valence-electron chi connectivity index (χ3n) is 3.81. The summed E-state index contributed by atoms with van der Waals surface area (Å²) in [6.45, 7) is 3.50. The molecule has 0 spiro atoms. The Kier molecular flexibility index (Phi) is 2.94. The Hall–Kier alpha value is -1.95. The van der Waals surface area contributed by atoms with E-state index in [1.807, 2.05) is 4.90 Å². The monoisotopic (exact) mass is 259 g/mol. The van der Waals surface area contributed by atoms with Crippen LogP contribution in [0.25, 0.3) is 5.52 Å². The number of fused-ring (bicyclic) bond motifs is 1. The average Bonchev–Trinajstić information content (AvgIpc) is 2.85. The van der Waals surface area contributed by atoms with Crippen LogP contribution in [-0.2, 0) is 0 Å². The molecular formula is C13H17N5O. The van der Waals surface area contributed by atoms with Gasteiger partial charge in [-0.2, -0.15) is 5.10 Å². The first-order valence-corrected chi connectivity index (χ1v) is 6.49. The van der Waals surface area contributed by atoms with Crippen LogP contribution in [0.1, 0.15) is 23.7 Å². The van der Waals surface area contributed by atoms with E-state index in [1.54, 1.807) is 29.3 Å². The number of nitrogens with two attached hydrogens (primary N) is 1. The first-order valence-electron chi connectivity index (χ1n) is 6.49. The van der Waals surface area contributed by atoms with E-state index in [2.05, 4.69) is 17.0 Å². The number of piperidine rings is 1. The van der Waals surface area contributed by atoms with Crippen LogP contribution in [0.15, 0.2) is 24.8 Å². The molecule has 6 nitrogen and oxygen atoms in total. The molecule has 3 rings (SSSR count). The van der Waals surface area contributed by atoms with Gasteiger partial charge in [-0.05, 0) is 12.3 Å². The van der Waals surface area contributed by atoms with Crippen molar-refractivity contribution in [3.8, 4) is 0 Å². The highest BCUT2D eigenvalue weighted by molar-refractivity contribution is 6.00. The maximum atomic E-state index is 12.5. The van der Waals surface area contributed by atoms with Gasteiger partial charge in [-0.1, -0.05) is 6.92 Å². The summed E-state index contributed by atoms with van der Waals surface area (Å²) in [7, 11) is 0. The van der Waals surface area contributed by atoms with Crippen molar-refractivity contribution < 1.29 is 4.79 Å². The molecule has 0 aliphatic carbocycles. The Labute approximate surface area is 111 Å². The van der Waals surface area contributed by atoms with E-state index in [4.69, 9.17) is 5.73 Å². The summed E-state index contributed by atoms with van der Waals surface area (Å²) >= 11 is 0. The zero-order valence-electron chi connectivity index (χ0n) is 10.9. The highest BCUT2D eigenvalue weighted by Crippen LogP contribution is 2.19. The fourth-order valence-electron chi connectivity index (χ4n) is 2.52. The molecule has 2 aromatic rings. The number of hydrogen-bond donors (Lipinski definition) is 1. The molecule has 0 aromatic carbocycles. The van der Waals surface area contributed by atoms with Gasteiger partial charge in [0.05, 0.1) is 23.5 Å². The Morgan fingerprint density at radius 3 is 3.11 bits per heavy atom. The van der Waals surface area contributed by atoms with Crippen LogP contribution in [0, 0.1) is 5.92 Å². The summed E-state index contributed by atoms with van der Waals surface area (Å²) in [6, 6.07) is 0.189. The van der Waals surface area contributed by atoms with Crippen LogP contribution >= 0.6 is 0 Å². The van der Waals surface area contributed by atoms with Crippen molar-refractivity contribution in [1.29, 1.82) is 0 Å². The number of amides is 1. The Bertz CT molecular complexity index is 608. The minimum absolute atomic E-state index is 0.0155. The van der Waals surface area contributed by atoms with Gasteiger partial charge in [0.15, 0.2) is 0 Å². The van der Waals surface area contributed by atoms with Crippen LogP contribution < -0.4 is 5.73 Å². The summed E-state index contributed by atoms with van der Waals surface area (Å²) < 4.78 is 1.67. The van der Waals surface area contributed by atoms with Gasteiger partial charge in [0, 0.05) is 31.5 Å². The van der Waals surface area contributed by atoms with Gasteiger partial charge in [0.2, 0.25) is 0 Å². The number of hydrogen-bond acceptors (Lipinski definition) is 4. The molecule has 1 amide bonds. The molecule has 2 N–H and O–H groups in total. The van der Waals surface area contributed by atoms with Crippen LogP contribution in [-0.4, -0.2) is 44.5 Å². The lowest BCUT2D eigenvalue weighted by molar-refractivity contribution is 0.0666. The Balaban J connectivity index is 1.88. The molecule has 2 atom stereocenters. The van der Waals surface area contributed by atoms with Crippen molar-refractivity contribution >= 4 is 11.4 Å². The fraction of sp³-hybridized carbons (Fsp3) is 0.462. The van der Waals surface area contributed by atoms with Gasteiger partial charge in [-0.3, -0.25) is 9.78 Å². The van der Waals surface area contributed by atoms with Crippen LogP contribution in [0.4, 0.5) is 0 Å². The van der Waals surface area contributed by atoms with Crippen LogP contribution in [0.3, 0.4) is 0 Å². The van der Waals surface area contributed by atoms with E-state index in [9.17, 15) is 4.79 Å². The van der Waals surface area contributed by atoms with Gasteiger partial charge in [-0.15, -0.1) is 0 Å². The lowest BCUT2D eigenvalue weighted by atomic mass is 9.94. The van der Waals surface area contributed by atoms with Crippen molar-refractivity contribution in [2.24, 2.45) is 11.7 Å². The van der Waals surface area contributed by atoms with Crippen molar-refractivity contribution in [1.82, 2.24) is 19.5 Å². The smallest absolute Gasteiger partial charge is 0.257 e. The molecule has 1 aliphatic rings.